The quantitative estimate of drug-likeness (QED) is 0.752. The summed E-state index contributed by atoms with van der Waals surface area (Å²) in [4.78, 5) is 0. The van der Waals surface area contributed by atoms with Gasteiger partial charge in [0.05, 0.1) is 11.4 Å². The van der Waals surface area contributed by atoms with Crippen molar-refractivity contribution in [2.24, 2.45) is 0 Å². The van der Waals surface area contributed by atoms with Crippen molar-refractivity contribution in [3.63, 3.8) is 0 Å². The van der Waals surface area contributed by atoms with E-state index >= 15 is 0 Å². The summed E-state index contributed by atoms with van der Waals surface area (Å²) in [6, 6.07) is 18.6. The normalized spacial score (nSPS) is 26.8. The minimum Gasteiger partial charge on any atom is -0.256 e. The summed E-state index contributed by atoms with van der Waals surface area (Å²) in [5.41, 5.74) is 1.39. The van der Waals surface area contributed by atoms with Gasteiger partial charge in [0, 0.05) is 0 Å². The Labute approximate surface area is 143 Å². The van der Waals surface area contributed by atoms with Crippen LogP contribution in [-0.2, 0) is 9.13 Å². The smallest absolute Gasteiger partial charge is 0.256 e. The molecule has 0 amide bonds. The predicted octanol–water partition coefficient (Wildman–Crippen LogP) is 4.35. The number of anilines is 2. The molecule has 6 nitrogen and oxygen atoms in total. The fourth-order valence-corrected chi connectivity index (χ4v) is 11.0. The van der Waals surface area contributed by atoms with Gasteiger partial charge in [-0.15, -0.1) is 0 Å². The molecule has 1 heterocycles. The second-order valence-corrected chi connectivity index (χ2v) is 11.9. The van der Waals surface area contributed by atoms with Crippen molar-refractivity contribution in [1.82, 2.24) is 9.34 Å². The first-order valence-electron chi connectivity index (χ1n) is 7.62. The van der Waals surface area contributed by atoms with Crippen LogP contribution in [0, 0.1) is 0 Å². The van der Waals surface area contributed by atoms with Crippen LogP contribution in [0.4, 0.5) is 11.4 Å². The summed E-state index contributed by atoms with van der Waals surface area (Å²) in [5.74, 6) is 0. The third kappa shape index (κ3) is 2.26. The molecule has 0 aliphatic carbocycles. The zero-order chi connectivity index (χ0) is 17.5. The minimum absolute atomic E-state index is 0.693. The number of nitrogens with zero attached hydrogens (tertiary/aromatic N) is 4. The Morgan fingerprint density at radius 1 is 0.625 bits per heavy atom. The van der Waals surface area contributed by atoms with Crippen LogP contribution in [0.1, 0.15) is 0 Å². The fourth-order valence-electron chi connectivity index (χ4n) is 2.83. The van der Waals surface area contributed by atoms with Gasteiger partial charge in [-0.25, -0.2) is 18.2 Å². The number of hydrogen-bond donors (Lipinski definition) is 0. The molecule has 0 saturated carbocycles. The lowest BCUT2D eigenvalue weighted by Gasteiger charge is -2.60. The fraction of sp³-hybridized carbons (Fsp3) is 0.250. The summed E-state index contributed by atoms with van der Waals surface area (Å²) in [6.45, 7) is 0. The second-order valence-electron chi connectivity index (χ2n) is 5.97. The van der Waals surface area contributed by atoms with Gasteiger partial charge in [-0.2, -0.15) is 0 Å². The predicted molar refractivity (Wildman–Crippen MR) is 100 cm³/mol. The summed E-state index contributed by atoms with van der Waals surface area (Å²) in [6.07, 6.45) is 0. The van der Waals surface area contributed by atoms with Gasteiger partial charge in [0.1, 0.15) is 0 Å². The van der Waals surface area contributed by atoms with Gasteiger partial charge >= 0.3 is 15.2 Å². The summed E-state index contributed by atoms with van der Waals surface area (Å²) < 4.78 is 34.4. The van der Waals surface area contributed by atoms with Crippen molar-refractivity contribution in [3.05, 3.63) is 60.7 Å². The zero-order valence-electron chi connectivity index (χ0n) is 14.3. The molecule has 24 heavy (non-hydrogen) atoms. The highest BCUT2D eigenvalue weighted by atomic mass is 31.3. The standard InChI is InChI=1S/C16H22N4O2P2/c1-17(2)23(21)19(15-11-7-5-8-12-15)24(22,18(3)4)20(23)16-13-9-6-10-14-16/h5-14H,1-4H3. The molecule has 0 N–H and O–H groups in total. The average molecular weight is 364 g/mol. The third-order valence-electron chi connectivity index (χ3n) is 4.00. The van der Waals surface area contributed by atoms with E-state index in [1.54, 1.807) is 46.4 Å². The highest BCUT2D eigenvalue weighted by Crippen LogP contribution is 2.87. The SMILES string of the molecule is CN(C)P1(=O)N(c2ccccc2)P(=O)(N(C)C)N1c1ccccc1. The van der Waals surface area contributed by atoms with Crippen molar-refractivity contribution in [3.8, 4) is 0 Å². The van der Waals surface area contributed by atoms with Gasteiger partial charge in [-0.05, 0) is 52.5 Å². The lowest BCUT2D eigenvalue weighted by atomic mass is 10.3. The van der Waals surface area contributed by atoms with Crippen LogP contribution < -0.4 is 8.88 Å². The molecule has 2 aromatic rings. The van der Waals surface area contributed by atoms with Crippen LogP contribution >= 0.6 is 15.2 Å². The molecule has 1 fully saturated rings. The Balaban J connectivity index is 2.22. The minimum atomic E-state index is -3.21. The van der Waals surface area contributed by atoms with Crippen molar-refractivity contribution in [1.29, 1.82) is 0 Å². The first-order valence-corrected chi connectivity index (χ1v) is 10.8. The first kappa shape index (κ1) is 17.2. The van der Waals surface area contributed by atoms with Crippen molar-refractivity contribution < 1.29 is 9.13 Å². The van der Waals surface area contributed by atoms with Gasteiger partial charge < -0.3 is 0 Å². The molecule has 128 valence electrons. The lowest BCUT2D eigenvalue weighted by Crippen LogP contribution is -2.51. The molecule has 0 spiro atoms. The Kier molecular flexibility index (Phi) is 4.35. The van der Waals surface area contributed by atoms with Crippen molar-refractivity contribution in [2.75, 3.05) is 37.1 Å². The summed E-state index contributed by atoms with van der Waals surface area (Å²) in [7, 11) is 0.605. The van der Waals surface area contributed by atoms with E-state index in [1.807, 2.05) is 60.7 Å². The highest BCUT2D eigenvalue weighted by Gasteiger charge is 2.67. The first-order chi connectivity index (χ1) is 11.3. The molecule has 8 heteroatoms. The van der Waals surface area contributed by atoms with Crippen LogP contribution in [0.2, 0.25) is 0 Å². The van der Waals surface area contributed by atoms with Crippen LogP contribution in [0.25, 0.3) is 0 Å². The molecule has 0 radical (unpaired) electrons. The molecular weight excluding hydrogens is 342 g/mol. The Bertz CT molecular complexity index is 726. The Morgan fingerprint density at radius 3 is 1.17 bits per heavy atom. The van der Waals surface area contributed by atoms with E-state index in [0.29, 0.717) is 11.4 Å². The lowest BCUT2D eigenvalue weighted by molar-refractivity contribution is 0.479. The molecule has 0 bridgehead atoms. The van der Waals surface area contributed by atoms with E-state index < -0.39 is 15.2 Å². The van der Waals surface area contributed by atoms with E-state index in [0.717, 1.165) is 0 Å². The van der Waals surface area contributed by atoms with Crippen LogP contribution in [0.15, 0.2) is 60.7 Å². The third-order valence-corrected chi connectivity index (χ3v) is 11.8. The maximum absolute atomic E-state index is 13.9. The maximum atomic E-state index is 13.9. The van der Waals surface area contributed by atoms with E-state index in [2.05, 4.69) is 0 Å². The van der Waals surface area contributed by atoms with E-state index in [1.165, 1.54) is 0 Å². The van der Waals surface area contributed by atoms with Gasteiger partial charge in [-0.3, -0.25) is 9.13 Å². The molecule has 1 aliphatic rings. The molecule has 2 aromatic carbocycles. The number of para-hydroxylation sites is 2. The van der Waals surface area contributed by atoms with Crippen molar-refractivity contribution >= 4 is 26.6 Å². The molecule has 0 atom stereocenters. The summed E-state index contributed by atoms with van der Waals surface area (Å²) in [5, 5.41) is 0. The van der Waals surface area contributed by atoms with E-state index in [4.69, 9.17) is 0 Å². The Morgan fingerprint density at radius 2 is 0.917 bits per heavy atom. The largest absolute Gasteiger partial charge is 0.350 e. The van der Waals surface area contributed by atoms with E-state index in [-0.39, 0.29) is 0 Å². The molecule has 1 saturated heterocycles. The molecule has 0 unspecified atom stereocenters. The zero-order valence-corrected chi connectivity index (χ0v) is 16.1. The summed E-state index contributed by atoms with van der Waals surface area (Å²) >= 11 is 0. The molecule has 3 rings (SSSR count). The Hall–Kier alpha value is -1.58. The van der Waals surface area contributed by atoms with Crippen LogP contribution in [-0.4, -0.2) is 37.5 Å². The molecular formula is C16H22N4O2P2. The van der Waals surface area contributed by atoms with Gasteiger partial charge in [0.2, 0.25) is 0 Å². The molecule has 0 aromatic heterocycles. The second kappa shape index (κ2) is 6.05. The maximum Gasteiger partial charge on any atom is 0.350 e. The van der Waals surface area contributed by atoms with Gasteiger partial charge in [-0.1, -0.05) is 36.4 Å². The van der Waals surface area contributed by atoms with E-state index in [9.17, 15) is 9.13 Å². The number of hydrogen-bond acceptors (Lipinski definition) is 2. The molecule has 1 aliphatic heterocycles. The average Bonchev–Trinajstić information content (AvgIpc) is 2.56. The monoisotopic (exact) mass is 364 g/mol. The number of benzene rings is 2. The topological polar surface area (TPSA) is 47.1 Å². The van der Waals surface area contributed by atoms with Crippen LogP contribution in [0.3, 0.4) is 0 Å². The van der Waals surface area contributed by atoms with Crippen molar-refractivity contribution in [2.45, 2.75) is 0 Å². The number of rotatable bonds is 4. The van der Waals surface area contributed by atoms with Gasteiger partial charge in [0.25, 0.3) is 0 Å². The highest BCUT2D eigenvalue weighted by molar-refractivity contribution is 7.98. The van der Waals surface area contributed by atoms with Gasteiger partial charge in [0.15, 0.2) is 0 Å². The van der Waals surface area contributed by atoms with Crippen LogP contribution in [0.5, 0.6) is 0 Å².